The number of hydrogen-bond acceptors (Lipinski definition) is 6. The van der Waals surface area contributed by atoms with E-state index in [9.17, 15) is 26.8 Å². The molecule has 11 heteroatoms. The molecule has 0 aromatic heterocycles. The van der Waals surface area contributed by atoms with Gasteiger partial charge in [-0.05, 0) is 19.3 Å². The van der Waals surface area contributed by atoms with Gasteiger partial charge in [0.1, 0.15) is 12.7 Å². The third-order valence-corrected chi connectivity index (χ3v) is 6.34. The molecule has 1 N–H and O–H groups in total. The Balaban J connectivity index is 2.82. The Labute approximate surface area is 186 Å². The Morgan fingerprint density at radius 3 is 2.34 bits per heavy atom. The maximum Gasteiger partial charge on any atom is 0.442 e. The van der Waals surface area contributed by atoms with Crippen molar-refractivity contribution in [2.24, 2.45) is 15.7 Å². The van der Waals surface area contributed by atoms with E-state index in [1.54, 1.807) is 18.3 Å². The molecule has 0 bridgehead atoms. The van der Waals surface area contributed by atoms with Crippen LogP contribution in [0, 0.1) is 22.7 Å². The predicted octanol–water partition coefficient (Wildman–Crippen LogP) is 3.04. The summed E-state index contributed by atoms with van der Waals surface area (Å²) in [5.41, 5.74) is -1.55. The van der Waals surface area contributed by atoms with E-state index in [-0.39, 0.29) is 11.5 Å². The highest BCUT2D eigenvalue weighted by Crippen LogP contribution is 2.33. The lowest BCUT2D eigenvalue weighted by atomic mass is 9.75. The largest absolute Gasteiger partial charge is 0.463 e. The Hall–Kier alpha value is -2.87. The minimum atomic E-state index is -5.70. The van der Waals surface area contributed by atoms with Crippen molar-refractivity contribution in [3.8, 4) is 6.07 Å². The van der Waals surface area contributed by atoms with Crippen molar-refractivity contribution in [2.75, 3.05) is 13.2 Å². The van der Waals surface area contributed by atoms with Crippen molar-refractivity contribution in [1.82, 2.24) is 5.32 Å². The molecule has 1 aromatic rings. The van der Waals surface area contributed by atoms with Crippen LogP contribution in [-0.2, 0) is 24.3 Å². The van der Waals surface area contributed by atoms with Crippen LogP contribution in [0.4, 0.5) is 8.78 Å². The Kier molecular flexibility index (Phi) is 9.45. The van der Waals surface area contributed by atoms with E-state index in [4.69, 9.17) is 10.00 Å². The number of nitrogens with zero attached hydrogens (tertiary/aromatic N) is 2. The summed E-state index contributed by atoms with van der Waals surface area (Å²) in [5.74, 6) is -2.70. The number of halogens is 2. The van der Waals surface area contributed by atoms with Gasteiger partial charge < -0.3 is 10.1 Å². The van der Waals surface area contributed by atoms with Crippen LogP contribution in [0.15, 0.2) is 34.7 Å². The number of amides is 1. The minimum absolute atomic E-state index is 0.00183. The molecule has 1 unspecified atom stereocenters. The molecule has 8 nitrogen and oxygen atoms in total. The fourth-order valence-corrected chi connectivity index (χ4v) is 3.56. The quantitative estimate of drug-likeness (QED) is 0.300. The van der Waals surface area contributed by atoms with Crippen LogP contribution in [0.3, 0.4) is 0 Å². The second-order valence-electron chi connectivity index (χ2n) is 7.62. The summed E-state index contributed by atoms with van der Waals surface area (Å²) in [6.07, 6.45) is 1.30. The number of hydrogen-bond donors (Lipinski definition) is 1. The average Bonchev–Trinajstić information content (AvgIpc) is 2.74. The lowest BCUT2D eigenvalue weighted by Crippen LogP contribution is -2.46. The lowest BCUT2D eigenvalue weighted by molar-refractivity contribution is -0.158. The van der Waals surface area contributed by atoms with Crippen molar-refractivity contribution in [3.05, 3.63) is 35.9 Å². The van der Waals surface area contributed by atoms with E-state index >= 15 is 0 Å². The molecule has 1 amide bonds. The molecule has 0 spiro atoms. The second kappa shape index (κ2) is 11.1. The van der Waals surface area contributed by atoms with E-state index in [2.05, 4.69) is 4.40 Å². The molecule has 0 heterocycles. The highest BCUT2D eigenvalue weighted by atomic mass is 32.2. The number of rotatable bonds is 11. The number of alkyl halides is 2. The Morgan fingerprint density at radius 2 is 1.84 bits per heavy atom. The molecule has 1 aromatic carbocycles. The van der Waals surface area contributed by atoms with Crippen LogP contribution in [-0.4, -0.2) is 44.4 Å². The SMILES string of the molecule is CCCC(C)(C(=O)OCCNC(=O)C(F)(F)S(=O)(=O)N=C(C#N)c1ccccc1)C(C)C. The maximum absolute atomic E-state index is 14.3. The molecule has 0 aliphatic carbocycles. The Bertz CT molecular complexity index is 988. The van der Waals surface area contributed by atoms with E-state index < -0.39 is 51.4 Å². The summed E-state index contributed by atoms with van der Waals surface area (Å²) in [4.78, 5) is 24.2. The topological polar surface area (TPSA) is 126 Å². The Morgan fingerprint density at radius 1 is 1.25 bits per heavy atom. The maximum atomic E-state index is 14.3. The fraction of sp³-hybridized carbons (Fsp3) is 0.524. The van der Waals surface area contributed by atoms with Crippen LogP contribution in [0.1, 0.15) is 46.1 Å². The summed E-state index contributed by atoms with van der Waals surface area (Å²) in [6, 6.07) is 8.56. The van der Waals surface area contributed by atoms with Crippen LogP contribution >= 0.6 is 0 Å². The highest BCUT2D eigenvalue weighted by molar-refractivity contribution is 7.92. The number of sulfonamides is 1. The molecule has 0 fully saturated rings. The van der Waals surface area contributed by atoms with E-state index in [1.807, 2.05) is 20.8 Å². The molecule has 176 valence electrons. The van der Waals surface area contributed by atoms with Crippen LogP contribution in [0.25, 0.3) is 0 Å². The second-order valence-corrected chi connectivity index (χ2v) is 9.27. The predicted molar refractivity (Wildman–Crippen MR) is 114 cm³/mol. The molecule has 0 aliphatic rings. The zero-order chi connectivity index (χ0) is 24.6. The van der Waals surface area contributed by atoms with Crippen molar-refractivity contribution in [3.63, 3.8) is 0 Å². The first-order valence-electron chi connectivity index (χ1n) is 9.96. The van der Waals surface area contributed by atoms with Gasteiger partial charge in [-0.25, -0.2) is 0 Å². The van der Waals surface area contributed by atoms with Crippen LogP contribution in [0.2, 0.25) is 0 Å². The van der Waals surface area contributed by atoms with Gasteiger partial charge >= 0.3 is 27.2 Å². The fourth-order valence-electron chi connectivity index (χ4n) is 2.75. The van der Waals surface area contributed by atoms with Crippen molar-refractivity contribution in [2.45, 2.75) is 45.8 Å². The summed E-state index contributed by atoms with van der Waals surface area (Å²) in [5, 5.41) is 5.88. The van der Waals surface area contributed by atoms with E-state index in [0.29, 0.717) is 6.42 Å². The number of ether oxygens (including phenoxy) is 1. The van der Waals surface area contributed by atoms with Gasteiger partial charge in [-0.2, -0.15) is 22.5 Å². The van der Waals surface area contributed by atoms with Crippen LogP contribution in [0.5, 0.6) is 0 Å². The van der Waals surface area contributed by atoms with Crippen molar-refractivity contribution in [1.29, 1.82) is 5.26 Å². The minimum Gasteiger partial charge on any atom is -0.463 e. The number of benzene rings is 1. The molecule has 0 aliphatic heterocycles. The van der Waals surface area contributed by atoms with Gasteiger partial charge in [0.2, 0.25) is 0 Å². The smallest absolute Gasteiger partial charge is 0.442 e. The molecule has 32 heavy (non-hydrogen) atoms. The van der Waals surface area contributed by atoms with Crippen molar-refractivity contribution >= 4 is 27.6 Å². The average molecular weight is 472 g/mol. The van der Waals surface area contributed by atoms with E-state index in [0.717, 1.165) is 6.42 Å². The van der Waals surface area contributed by atoms with Gasteiger partial charge in [-0.1, -0.05) is 57.5 Å². The summed E-state index contributed by atoms with van der Waals surface area (Å²) >= 11 is 0. The zero-order valence-corrected chi connectivity index (χ0v) is 19.2. The van der Waals surface area contributed by atoms with Crippen LogP contribution < -0.4 is 5.32 Å². The number of nitriles is 1. The summed E-state index contributed by atoms with van der Waals surface area (Å²) < 4.78 is 60.5. The number of carbonyl (C=O) groups is 2. The lowest BCUT2D eigenvalue weighted by Gasteiger charge is -2.31. The standard InChI is InChI=1S/C21H27F2N3O5S/c1-5-11-20(4,15(2)3)19(28)31-13-12-25-18(27)21(22,23)32(29,30)26-17(14-24)16-9-7-6-8-10-16/h6-10,15H,5,11-13H2,1-4H3,(H,25,27). The van der Waals surface area contributed by atoms with Crippen molar-refractivity contribution < 1.29 is 31.5 Å². The third kappa shape index (κ3) is 6.32. The third-order valence-electron chi connectivity index (χ3n) is 5.08. The van der Waals surface area contributed by atoms with Gasteiger partial charge in [0, 0.05) is 5.56 Å². The monoisotopic (exact) mass is 471 g/mol. The van der Waals surface area contributed by atoms with Gasteiger partial charge in [-0.3, -0.25) is 9.59 Å². The molecular weight excluding hydrogens is 444 g/mol. The molecule has 0 radical (unpaired) electrons. The molecule has 0 saturated carbocycles. The first kappa shape index (κ1) is 27.2. The number of nitrogens with one attached hydrogen (secondary N) is 1. The number of esters is 1. The molecule has 0 saturated heterocycles. The molecular formula is C21H27F2N3O5S. The first-order chi connectivity index (χ1) is 14.8. The van der Waals surface area contributed by atoms with Gasteiger partial charge in [0.15, 0.2) is 5.71 Å². The summed E-state index contributed by atoms with van der Waals surface area (Å²) in [6.45, 7) is 6.42. The van der Waals surface area contributed by atoms with Gasteiger partial charge in [-0.15, -0.1) is 4.40 Å². The van der Waals surface area contributed by atoms with Gasteiger partial charge in [0.25, 0.3) is 0 Å². The molecule has 1 atom stereocenters. The van der Waals surface area contributed by atoms with Gasteiger partial charge in [0.05, 0.1) is 12.0 Å². The zero-order valence-electron chi connectivity index (χ0n) is 18.4. The highest BCUT2D eigenvalue weighted by Gasteiger charge is 2.53. The summed E-state index contributed by atoms with van der Waals surface area (Å²) in [7, 11) is -5.70. The van der Waals surface area contributed by atoms with E-state index in [1.165, 1.54) is 30.3 Å². The normalized spacial score (nSPS) is 14.4. The molecule has 1 rings (SSSR count). The number of carbonyl (C=O) groups excluding carboxylic acids is 2. The first-order valence-corrected chi connectivity index (χ1v) is 11.4.